The summed E-state index contributed by atoms with van der Waals surface area (Å²) in [7, 11) is 0. The number of benzene rings is 2. The highest BCUT2D eigenvalue weighted by Crippen LogP contribution is 2.21. The van der Waals surface area contributed by atoms with Crippen LogP contribution in [0.3, 0.4) is 0 Å². The molecule has 0 saturated carbocycles. The molecule has 2 N–H and O–H groups in total. The van der Waals surface area contributed by atoms with E-state index in [1.807, 2.05) is 31.2 Å². The van der Waals surface area contributed by atoms with Crippen molar-refractivity contribution in [2.75, 3.05) is 17.2 Å². The minimum absolute atomic E-state index is 0.118. The van der Waals surface area contributed by atoms with Crippen LogP contribution in [0.2, 0.25) is 0 Å². The number of anilines is 3. The largest absolute Gasteiger partial charge is 0.462 e. The number of aromatic nitrogens is 2. The van der Waals surface area contributed by atoms with E-state index in [2.05, 4.69) is 39.7 Å². The third-order valence-electron chi connectivity index (χ3n) is 4.17. The van der Waals surface area contributed by atoms with E-state index < -0.39 is 0 Å². The van der Waals surface area contributed by atoms with Gasteiger partial charge in [-0.3, -0.25) is 0 Å². The summed E-state index contributed by atoms with van der Waals surface area (Å²) in [5, 5.41) is 6.59. The summed E-state index contributed by atoms with van der Waals surface area (Å²) in [6.07, 6.45) is 0. The van der Waals surface area contributed by atoms with Gasteiger partial charge in [0.2, 0.25) is 5.95 Å². The van der Waals surface area contributed by atoms with Crippen LogP contribution < -0.4 is 10.6 Å². The van der Waals surface area contributed by atoms with Gasteiger partial charge < -0.3 is 15.4 Å². The van der Waals surface area contributed by atoms with Crippen LogP contribution in [0.15, 0.2) is 60.7 Å². The molecule has 0 bridgehead atoms. The standard InChI is InChI=1S/C22H24N4O2/c1-4-28-21(27)18-10-12-19(13-11-18)25-22-23-15(2)14-20(26-22)24-16(3)17-8-6-5-7-9-17/h5-14,16H,4H2,1-3H3,(H2,23,24,25,26). The van der Waals surface area contributed by atoms with Gasteiger partial charge in [0.1, 0.15) is 5.82 Å². The van der Waals surface area contributed by atoms with Gasteiger partial charge in [0.05, 0.1) is 12.2 Å². The summed E-state index contributed by atoms with van der Waals surface area (Å²) in [5.41, 5.74) is 3.34. The van der Waals surface area contributed by atoms with Gasteiger partial charge in [-0.1, -0.05) is 30.3 Å². The molecule has 0 aliphatic carbocycles. The topological polar surface area (TPSA) is 76.1 Å². The molecule has 3 aromatic rings. The quantitative estimate of drug-likeness (QED) is 0.573. The van der Waals surface area contributed by atoms with Crippen LogP contribution in [0, 0.1) is 6.92 Å². The molecular weight excluding hydrogens is 352 g/mol. The normalized spacial score (nSPS) is 11.5. The first-order valence-corrected chi connectivity index (χ1v) is 9.26. The van der Waals surface area contributed by atoms with E-state index in [9.17, 15) is 4.79 Å². The zero-order valence-electron chi connectivity index (χ0n) is 16.3. The minimum Gasteiger partial charge on any atom is -0.462 e. The summed E-state index contributed by atoms with van der Waals surface area (Å²) in [4.78, 5) is 20.7. The summed E-state index contributed by atoms with van der Waals surface area (Å²) in [6.45, 7) is 6.16. The second kappa shape index (κ2) is 8.99. The van der Waals surface area contributed by atoms with Crippen molar-refractivity contribution >= 4 is 23.4 Å². The SMILES string of the molecule is CCOC(=O)c1ccc(Nc2nc(C)cc(NC(C)c3ccccc3)n2)cc1. The van der Waals surface area contributed by atoms with E-state index >= 15 is 0 Å². The first-order valence-electron chi connectivity index (χ1n) is 9.26. The van der Waals surface area contributed by atoms with Crippen molar-refractivity contribution in [3.8, 4) is 0 Å². The highest BCUT2D eigenvalue weighted by Gasteiger charge is 2.09. The van der Waals surface area contributed by atoms with E-state index in [1.165, 1.54) is 5.56 Å². The fourth-order valence-electron chi connectivity index (χ4n) is 2.78. The molecule has 28 heavy (non-hydrogen) atoms. The number of aryl methyl sites for hydroxylation is 1. The fourth-order valence-corrected chi connectivity index (χ4v) is 2.78. The van der Waals surface area contributed by atoms with E-state index in [0.29, 0.717) is 18.1 Å². The number of hydrogen-bond acceptors (Lipinski definition) is 6. The van der Waals surface area contributed by atoms with Crippen molar-refractivity contribution in [2.45, 2.75) is 26.8 Å². The van der Waals surface area contributed by atoms with Crippen molar-refractivity contribution in [3.63, 3.8) is 0 Å². The average Bonchev–Trinajstić information content (AvgIpc) is 2.69. The predicted octanol–water partition coefficient (Wildman–Crippen LogP) is 4.88. The van der Waals surface area contributed by atoms with Crippen molar-refractivity contribution < 1.29 is 9.53 Å². The van der Waals surface area contributed by atoms with Crippen LogP contribution in [-0.2, 0) is 4.74 Å². The second-order valence-electron chi connectivity index (χ2n) is 6.42. The lowest BCUT2D eigenvalue weighted by molar-refractivity contribution is 0.0526. The van der Waals surface area contributed by atoms with Crippen LogP contribution in [0.1, 0.15) is 41.5 Å². The molecule has 1 atom stereocenters. The molecular formula is C22H24N4O2. The Morgan fingerprint density at radius 2 is 1.79 bits per heavy atom. The zero-order chi connectivity index (χ0) is 19.9. The summed E-state index contributed by atoms with van der Waals surface area (Å²) in [5.74, 6) is 0.906. The molecule has 2 aromatic carbocycles. The maximum absolute atomic E-state index is 11.7. The van der Waals surface area contributed by atoms with Crippen molar-refractivity contribution in [1.82, 2.24) is 9.97 Å². The number of esters is 1. The molecule has 0 amide bonds. The number of carbonyl (C=O) groups excluding carboxylic acids is 1. The molecule has 0 saturated heterocycles. The summed E-state index contributed by atoms with van der Waals surface area (Å²) < 4.78 is 5.00. The smallest absolute Gasteiger partial charge is 0.338 e. The molecule has 6 heteroatoms. The van der Waals surface area contributed by atoms with Gasteiger partial charge in [0.15, 0.2) is 0 Å². The van der Waals surface area contributed by atoms with Crippen LogP contribution in [-0.4, -0.2) is 22.5 Å². The maximum Gasteiger partial charge on any atom is 0.338 e. The predicted molar refractivity (Wildman–Crippen MR) is 111 cm³/mol. The average molecular weight is 376 g/mol. The van der Waals surface area contributed by atoms with Crippen LogP contribution in [0.25, 0.3) is 0 Å². The Labute approximate surface area is 165 Å². The fraction of sp³-hybridized carbons (Fsp3) is 0.227. The first-order chi connectivity index (χ1) is 13.5. The third-order valence-corrected chi connectivity index (χ3v) is 4.17. The van der Waals surface area contributed by atoms with E-state index in [4.69, 9.17) is 4.74 Å². The minimum atomic E-state index is -0.331. The highest BCUT2D eigenvalue weighted by molar-refractivity contribution is 5.89. The Hall–Kier alpha value is -3.41. The molecule has 144 valence electrons. The number of nitrogens with zero attached hydrogens (tertiary/aromatic N) is 2. The monoisotopic (exact) mass is 376 g/mol. The van der Waals surface area contributed by atoms with E-state index in [1.54, 1.807) is 31.2 Å². The van der Waals surface area contributed by atoms with Crippen LogP contribution in [0.5, 0.6) is 0 Å². The van der Waals surface area contributed by atoms with Crippen molar-refractivity contribution in [1.29, 1.82) is 0 Å². The lowest BCUT2D eigenvalue weighted by atomic mass is 10.1. The lowest BCUT2D eigenvalue weighted by Crippen LogP contribution is -2.10. The van der Waals surface area contributed by atoms with Crippen molar-refractivity contribution in [2.24, 2.45) is 0 Å². The van der Waals surface area contributed by atoms with Gasteiger partial charge in [0, 0.05) is 23.5 Å². The molecule has 3 rings (SSSR count). The Morgan fingerprint density at radius 3 is 2.46 bits per heavy atom. The Kier molecular flexibility index (Phi) is 6.22. The number of hydrogen-bond donors (Lipinski definition) is 2. The van der Waals surface area contributed by atoms with Crippen LogP contribution in [0.4, 0.5) is 17.5 Å². The Bertz CT molecular complexity index is 927. The molecule has 0 aliphatic heterocycles. The molecule has 6 nitrogen and oxygen atoms in total. The van der Waals surface area contributed by atoms with Gasteiger partial charge in [-0.15, -0.1) is 0 Å². The maximum atomic E-state index is 11.7. The molecule has 1 unspecified atom stereocenters. The van der Waals surface area contributed by atoms with Crippen molar-refractivity contribution in [3.05, 3.63) is 77.5 Å². The number of ether oxygens (including phenoxy) is 1. The van der Waals surface area contributed by atoms with Gasteiger partial charge in [-0.2, -0.15) is 4.98 Å². The van der Waals surface area contributed by atoms with Gasteiger partial charge in [0.25, 0.3) is 0 Å². The number of nitrogens with one attached hydrogen (secondary N) is 2. The number of carbonyl (C=O) groups is 1. The highest BCUT2D eigenvalue weighted by atomic mass is 16.5. The summed E-state index contributed by atoms with van der Waals surface area (Å²) in [6, 6.07) is 19.3. The van der Waals surface area contributed by atoms with Gasteiger partial charge in [-0.25, -0.2) is 9.78 Å². The van der Waals surface area contributed by atoms with E-state index in [-0.39, 0.29) is 12.0 Å². The molecule has 0 fully saturated rings. The molecule has 1 aromatic heterocycles. The molecule has 0 aliphatic rings. The van der Waals surface area contributed by atoms with Gasteiger partial charge >= 0.3 is 5.97 Å². The van der Waals surface area contributed by atoms with Crippen LogP contribution >= 0.6 is 0 Å². The molecule has 0 radical (unpaired) electrons. The second-order valence-corrected chi connectivity index (χ2v) is 6.42. The van der Waals surface area contributed by atoms with Gasteiger partial charge in [-0.05, 0) is 50.6 Å². The summed E-state index contributed by atoms with van der Waals surface area (Å²) >= 11 is 0. The zero-order valence-corrected chi connectivity index (χ0v) is 16.3. The number of rotatable bonds is 7. The third kappa shape index (κ3) is 5.07. The Balaban J connectivity index is 1.72. The first kappa shape index (κ1) is 19.4. The van der Waals surface area contributed by atoms with E-state index in [0.717, 1.165) is 17.2 Å². The molecule has 1 heterocycles. The Morgan fingerprint density at radius 1 is 1.07 bits per heavy atom. The molecule has 0 spiro atoms. The lowest BCUT2D eigenvalue weighted by Gasteiger charge is -2.16.